The molecule has 27 heavy (non-hydrogen) atoms. The second-order valence-electron chi connectivity index (χ2n) is 7.20. The van der Waals surface area contributed by atoms with Gasteiger partial charge in [-0.2, -0.15) is 0 Å². The molecule has 144 valence electrons. The Morgan fingerprint density at radius 1 is 1.15 bits per heavy atom. The average Bonchev–Trinajstić information content (AvgIpc) is 2.61. The van der Waals surface area contributed by atoms with E-state index in [4.69, 9.17) is 27.9 Å². The van der Waals surface area contributed by atoms with Crippen LogP contribution >= 0.6 is 23.2 Å². The second kappa shape index (κ2) is 8.17. The summed E-state index contributed by atoms with van der Waals surface area (Å²) in [6.45, 7) is 3.79. The molecule has 0 bridgehead atoms. The smallest absolute Gasteiger partial charge is 0.220 e. The van der Waals surface area contributed by atoms with Gasteiger partial charge in [0.2, 0.25) is 5.91 Å². The first-order valence-electron chi connectivity index (χ1n) is 8.96. The van der Waals surface area contributed by atoms with Crippen LogP contribution in [0.3, 0.4) is 0 Å². The van der Waals surface area contributed by atoms with E-state index in [1.165, 1.54) is 6.07 Å². The van der Waals surface area contributed by atoms with Crippen molar-refractivity contribution in [1.82, 2.24) is 5.32 Å². The molecule has 2 aromatic rings. The molecular formula is C21H22Cl2FNO2. The fourth-order valence-electron chi connectivity index (χ4n) is 3.54. The molecule has 1 aliphatic rings. The van der Waals surface area contributed by atoms with Crippen molar-refractivity contribution in [2.45, 2.75) is 50.9 Å². The summed E-state index contributed by atoms with van der Waals surface area (Å²) in [5, 5.41) is 4.07. The van der Waals surface area contributed by atoms with Crippen LogP contribution in [0.5, 0.6) is 0 Å². The molecule has 0 aliphatic carbocycles. The molecule has 3 nitrogen and oxygen atoms in total. The Balaban J connectivity index is 1.95. The predicted molar refractivity (Wildman–Crippen MR) is 106 cm³/mol. The SMILES string of the molecule is CCC(=O)N[C@@]1(C)C[C@@H](c2ccc(Cl)cc2)O[C@@H](c2ccc(Cl)cc2F)C1. The molecule has 1 N–H and O–H groups in total. The van der Waals surface area contributed by atoms with E-state index in [1.807, 2.05) is 26.0 Å². The second-order valence-corrected chi connectivity index (χ2v) is 8.07. The van der Waals surface area contributed by atoms with Crippen LogP contribution in [-0.4, -0.2) is 11.4 Å². The van der Waals surface area contributed by atoms with Gasteiger partial charge in [0, 0.05) is 40.4 Å². The maximum atomic E-state index is 14.5. The number of halogens is 3. The van der Waals surface area contributed by atoms with Crippen molar-refractivity contribution in [2.75, 3.05) is 0 Å². The lowest BCUT2D eigenvalue weighted by atomic mass is 9.81. The van der Waals surface area contributed by atoms with Gasteiger partial charge in [0.15, 0.2) is 0 Å². The van der Waals surface area contributed by atoms with Crippen LogP contribution in [0.4, 0.5) is 4.39 Å². The Kier molecular flexibility index (Phi) is 6.09. The van der Waals surface area contributed by atoms with Gasteiger partial charge in [-0.05, 0) is 36.8 Å². The third-order valence-corrected chi connectivity index (χ3v) is 5.40. The summed E-state index contributed by atoms with van der Waals surface area (Å²) in [6.07, 6.45) is 0.660. The Morgan fingerprint density at radius 2 is 1.78 bits per heavy atom. The Hall–Kier alpha value is -1.62. The van der Waals surface area contributed by atoms with Gasteiger partial charge in [0.25, 0.3) is 0 Å². The van der Waals surface area contributed by atoms with E-state index in [-0.39, 0.29) is 12.0 Å². The lowest BCUT2D eigenvalue weighted by Gasteiger charge is -2.43. The van der Waals surface area contributed by atoms with E-state index in [2.05, 4.69) is 5.32 Å². The number of hydrogen-bond donors (Lipinski definition) is 1. The monoisotopic (exact) mass is 409 g/mol. The molecule has 0 aromatic heterocycles. The molecule has 3 rings (SSSR count). The third-order valence-electron chi connectivity index (χ3n) is 4.91. The molecule has 0 spiro atoms. The first-order chi connectivity index (χ1) is 12.8. The topological polar surface area (TPSA) is 38.3 Å². The molecule has 3 atom stereocenters. The quantitative estimate of drug-likeness (QED) is 0.671. The van der Waals surface area contributed by atoms with E-state index < -0.39 is 17.5 Å². The van der Waals surface area contributed by atoms with Crippen LogP contribution in [-0.2, 0) is 9.53 Å². The van der Waals surface area contributed by atoms with Gasteiger partial charge < -0.3 is 10.1 Å². The molecule has 0 saturated carbocycles. The first-order valence-corrected chi connectivity index (χ1v) is 9.72. The summed E-state index contributed by atoms with van der Waals surface area (Å²) in [5.41, 5.74) is 0.859. The van der Waals surface area contributed by atoms with Gasteiger partial charge in [-0.25, -0.2) is 4.39 Å². The molecule has 1 fully saturated rings. The maximum absolute atomic E-state index is 14.5. The molecule has 1 saturated heterocycles. The lowest BCUT2D eigenvalue weighted by molar-refractivity contribution is -0.128. The zero-order valence-corrected chi connectivity index (χ0v) is 16.8. The fourth-order valence-corrected chi connectivity index (χ4v) is 3.83. The number of nitrogens with one attached hydrogen (secondary N) is 1. The summed E-state index contributed by atoms with van der Waals surface area (Å²) in [4.78, 5) is 12.1. The standard InChI is InChI=1S/C21H22Cl2FNO2/c1-3-20(26)25-21(2)11-18(13-4-6-14(22)7-5-13)27-19(12-21)16-9-8-15(23)10-17(16)24/h4-10,18-19H,3,11-12H2,1-2H3,(H,25,26)/t18-,19+,21-/m0/s1. The van der Waals surface area contributed by atoms with Crippen molar-refractivity contribution in [1.29, 1.82) is 0 Å². The Bertz CT molecular complexity index is 827. The molecular weight excluding hydrogens is 388 g/mol. The number of amides is 1. The molecule has 2 aromatic carbocycles. The van der Waals surface area contributed by atoms with E-state index >= 15 is 0 Å². The fraction of sp³-hybridized carbons (Fsp3) is 0.381. The minimum Gasteiger partial charge on any atom is -0.365 e. The van der Waals surface area contributed by atoms with Crippen molar-refractivity contribution in [3.05, 3.63) is 69.5 Å². The summed E-state index contributed by atoms with van der Waals surface area (Å²) < 4.78 is 20.8. The molecule has 6 heteroatoms. The van der Waals surface area contributed by atoms with E-state index in [0.29, 0.717) is 34.9 Å². The van der Waals surface area contributed by atoms with Crippen molar-refractivity contribution >= 4 is 29.1 Å². The number of carbonyl (C=O) groups is 1. The van der Waals surface area contributed by atoms with Crippen molar-refractivity contribution < 1.29 is 13.9 Å². The van der Waals surface area contributed by atoms with E-state index in [1.54, 1.807) is 24.3 Å². The number of benzene rings is 2. The van der Waals surface area contributed by atoms with E-state index in [0.717, 1.165) is 5.56 Å². The van der Waals surface area contributed by atoms with Crippen molar-refractivity contribution in [3.8, 4) is 0 Å². The van der Waals surface area contributed by atoms with Crippen LogP contribution in [0.1, 0.15) is 56.4 Å². The highest BCUT2D eigenvalue weighted by atomic mass is 35.5. The largest absolute Gasteiger partial charge is 0.365 e. The highest BCUT2D eigenvalue weighted by Gasteiger charge is 2.40. The van der Waals surface area contributed by atoms with Crippen LogP contribution in [0.25, 0.3) is 0 Å². The summed E-state index contributed by atoms with van der Waals surface area (Å²) >= 11 is 11.9. The molecule has 1 aliphatic heterocycles. The number of ether oxygens (including phenoxy) is 1. The number of carbonyl (C=O) groups excluding carboxylic acids is 1. The third kappa shape index (κ3) is 4.81. The predicted octanol–water partition coefficient (Wildman–Crippen LogP) is 6.01. The molecule has 1 heterocycles. The summed E-state index contributed by atoms with van der Waals surface area (Å²) in [7, 11) is 0. The number of hydrogen-bond acceptors (Lipinski definition) is 2. The highest BCUT2D eigenvalue weighted by molar-refractivity contribution is 6.30. The van der Waals surface area contributed by atoms with Gasteiger partial charge in [-0.15, -0.1) is 0 Å². The van der Waals surface area contributed by atoms with Crippen LogP contribution < -0.4 is 5.32 Å². The Morgan fingerprint density at radius 3 is 2.41 bits per heavy atom. The average molecular weight is 410 g/mol. The number of rotatable bonds is 4. The van der Waals surface area contributed by atoms with Gasteiger partial charge in [-0.1, -0.05) is 48.3 Å². The van der Waals surface area contributed by atoms with Gasteiger partial charge in [0.05, 0.1) is 12.2 Å². The van der Waals surface area contributed by atoms with E-state index in [9.17, 15) is 9.18 Å². The summed E-state index contributed by atoms with van der Waals surface area (Å²) in [6, 6.07) is 12.0. The zero-order chi connectivity index (χ0) is 19.6. The zero-order valence-electron chi connectivity index (χ0n) is 15.3. The minimum atomic E-state index is -0.521. The van der Waals surface area contributed by atoms with Gasteiger partial charge in [-0.3, -0.25) is 4.79 Å². The van der Waals surface area contributed by atoms with Gasteiger partial charge in [0.1, 0.15) is 5.82 Å². The maximum Gasteiger partial charge on any atom is 0.220 e. The van der Waals surface area contributed by atoms with Crippen LogP contribution in [0.2, 0.25) is 10.0 Å². The lowest BCUT2D eigenvalue weighted by Crippen LogP contribution is -2.50. The van der Waals surface area contributed by atoms with Crippen LogP contribution in [0.15, 0.2) is 42.5 Å². The van der Waals surface area contributed by atoms with Crippen molar-refractivity contribution in [2.24, 2.45) is 0 Å². The van der Waals surface area contributed by atoms with Crippen molar-refractivity contribution in [3.63, 3.8) is 0 Å². The van der Waals surface area contributed by atoms with Gasteiger partial charge >= 0.3 is 0 Å². The molecule has 1 amide bonds. The highest BCUT2D eigenvalue weighted by Crippen LogP contribution is 2.44. The molecule has 0 unspecified atom stereocenters. The minimum absolute atomic E-state index is 0.0374. The first kappa shape index (κ1) is 20.1. The molecule has 0 radical (unpaired) electrons. The normalized spacial score (nSPS) is 25.2. The van der Waals surface area contributed by atoms with Crippen LogP contribution in [0, 0.1) is 5.82 Å². The summed E-state index contributed by atoms with van der Waals surface area (Å²) in [5.74, 6) is -0.446. The Labute approximate surface area is 168 Å².